The van der Waals surface area contributed by atoms with Crippen LogP contribution in [0.5, 0.6) is 0 Å². The van der Waals surface area contributed by atoms with Crippen molar-refractivity contribution < 1.29 is 26.9 Å². The van der Waals surface area contributed by atoms with Gasteiger partial charge in [0, 0.05) is 32.2 Å². The predicted molar refractivity (Wildman–Crippen MR) is 118 cm³/mol. The quantitative estimate of drug-likeness (QED) is 0.581. The number of aryl methyl sites for hydroxylation is 1. The number of piperazine rings is 1. The molecule has 1 aliphatic rings. The molecule has 12 heteroatoms. The van der Waals surface area contributed by atoms with Crippen LogP contribution < -0.4 is 10.0 Å². The zero-order valence-corrected chi connectivity index (χ0v) is 19.6. The molecule has 0 radical (unpaired) electrons. The summed E-state index contributed by atoms with van der Waals surface area (Å²) in [6.07, 6.45) is 0. The highest BCUT2D eigenvalue weighted by molar-refractivity contribution is 7.89. The number of amides is 2. The number of benzene rings is 1. The minimum atomic E-state index is -4.22. The van der Waals surface area contributed by atoms with Crippen LogP contribution >= 0.6 is 0 Å². The Morgan fingerprint density at radius 2 is 1.85 bits per heavy atom. The van der Waals surface area contributed by atoms with Crippen LogP contribution in [0.15, 0.2) is 39.8 Å². The molecule has 0 unspecified atom stereocenters. The molecule has 1 aromatic heterocycles. The summed E-state index contributed by atoms with van der Waals surface area (Å²) in [6, 6.07) is 5.60. The van der Waals surface area contributed by atoms with Crippen LogP contribution in [-0.2, 0) is 19.6 Å². The van der Waals surface area contributed by atoms with Crippen molar-refractivity contribution in [2.24, 2.45) is 5.92 Å². The lowest BCUT2D eigenvalue weighted by molar-refractivity contribution is -0.135. The number of carbonyl (C=O) groups is 2. The van der Waals surface area contributed by atoms with Gasteiger partial charge < -0.3 is 14.7 Å². The van der Waals surface area contributed by atoms with E-state index in [-0.39, 0.29) is 24.3 Å². The third-order valence-electron chi connectivity index (χ3n) is 5.29. The van der Waals surface area contributed by atoms with Gasteiger partial charge in [0.2, 0.25) is 21.8 Å². The number of hydrogen-bond acceptors (Lipinski definition) is 7. The van der Waals surface area contributed by atoms with Crippen molar-refractivity contribution in [2.75, 3.05) is 38.0 Å². The number of halogens is 1. The van der Waals surface area contributed by atoms with Crippen LogP contribution in [0, 0.1) is 18.7 Å². The van der Waals surface area contributed by atoms with Gasteiger partial charge in [-0.15, -0.1) is 0 Å². The first kappa shape index (κ1) is 24.8. The van der Waals surface area contributed by atoms with E-state index in [1.54, 1.807) is 31.7 Å². The Morgan fingerprint density at radius 3 is 2.42 bits per heavy atom. The van der Waals surface area contributed by atoms with Gasteiger partial charge in [0.1, 0.15) is 22.5 Å². The monoisotopic (exact) mass is 481 g/mol. The van der Waals surface area contributed by atoms with E-state index in [0.29, 0.717) is 37.8 Å². The van der Waals surface area contributed by atoms with E-state index in [1.165, 1.54) is 12.1 Å². The van der Waals surface area contributed by atoms with Crippen molar-refractivity contribution in [2.45, 2.75) is 31.7 Å². The van der Waals surface area contributed by atoms with Gasteiger partial charge in [-0.1, -0.05) is 31.1 Å². The molecule has 0 bridgehead atoms. The van der Waals surface area contributed by atoms with Crippen molar-refractivity contribution in [1.29, 1.82) is 0 Å². The molecule has 2 heterocycles. The van der Waals surface area contributed by atoms with Gasteiger partial charge in [-0.25, -0.2) is 12.8 Å². The number of rotatable bonds is 8. The van der Waals surface area contributed by atoms with Crippen molar-refractivity contribution in [1.82, 2.24) is 19.7 Å². The maximum atomic E-state index is 14.0. The molecule has 0 aliphatic carbocycles. The maximum Gasteiger partial charge on any atom is 0.244 e. The average molecular weight is 482 g/mol. The minimum Gasteiger partial charge on any atom is -0.360 e. The van der Waals surface area contributed by atoms with E-state index in [0.717, 1.165) is 12.1 Å². The van der Waals surface area contributed by atoms with Crippen LogP contribution in [0.4, 0.5) is 10.2 Å². The molecular weight excluding hydrogens is 453 g/mol. The van der Waals surface area contributed by atoms with Crippen LogP contribution in [0.2, 0.25) is 0 Å². The van der Waals surface area contributed by atoms with Crippen LogP contribution in [0.25, 0.3) is 0 Å². The predicted octanol–water partition coefficient (Wildman–Crippen LogP) is 1.21. The Kier molecular flexibility index (Phi) is 7.82. The van der Waals surface area contributed by atoms with Gasteiger partial charge in [0.05, 0.1) is 6.54 Å². The summed E-state index contributed by atoms with van der Waals surface area (Å²) in [5, 5.41) is 6.37. The number of nitrogens with zero attached hydrogens (tertiary/aromatic N) is 3. The van der Waals surface area contributed by atoms with Gasteiger partial charge in [-0.3, -0.25) is 14.5 Å². The van der Waals surface area contributed by atoms with Gasteiger partial charge in [0.15, 0.2) is 5.82 Å². The summed E-state index contributed by atoms with van der Waals surface area (Å²) in [4.78, 5) is 28.2. The van der Waals surface area contributed by atoms with Crippen molar-refractivity contribution in [3.63, 3.8) is 0 Å². The molecule has 180 valence electrons. The van der Waals surface area contributed by atoms with Crippen LogP contribution in [-0.4, -0.2) is 74.0 Å². The first-order valence-electron chi connectivity index (χ1n) is 10.6. The second kappa shape index (κ2) is 10.4. The first-order valence-corrected chi connectivity index (χ1v) is 12.1. The van der Waals surface area contributed by atoms with E-state index in [1.807, 2.05) is 4.90 Å². The standard InChI is InChI=1S/C21H28FN5O5S/c1-14(2)20(25-33(30,31)17-7-5-4-6-16(17)22)21(29)27-10-8-26(9-11-27)13-19(28)23-18-12-15(3)32-24-18/h4-7,12,14,20,25H,8-11,13H2,1-3H3,(H,23,24,28)/t20-/m0/s1. The molecule has 1 atom stereocenters. The molecule has 1 saturated heterocycles. The molecule has 33 heavy (non-hydrogen) atoms. The van der Waals surface area contributed by atoms with E-state index >= 15 is 0 Å². The molecule has 3 rings (SSSR count). The van der Waals surface area contributed by atoms with Gasteiger partial charge in [-0.05, 0) is 25.0 Å². The fraction of sp³-hybridized carbons (Fsp3) is 0.476. The number of sulfonamides is 1. The summed E-state index contributed by atoms with van der Waals surface area (Å²) in [7, 11) is -4.22. The fourth-order valence-electron chi connectivity index (χ4n) is 3.50. The fourth-order valence-corrected chi connectivity index (χ4v) is 4.92. The largest absolute Gasteiger partial charge is 0.360 e. The smallest absolute Gasteiger partial charge is 0.244 e. The number of hydrogen-bond donors (Lipinski definition) is 2. The summed E-state index contributed by atoms with van der Waals surface area (Å²) in [6.45, 7) is 6.85. The van der Waals surface area contributed by atoms with Gasteiger partial charge >= 0.3 is 0 Å². The van der Waals surface area contributed by atoms with E-state index in [4.69, 9.17) is 4.52 Å². The lowest BCUT2D eigenvalue weighted by atomic mass is 10.0. The molecule has 10 nitrogen and oxygen atoms in total. The SMILES string of the molecule is Cc1cc(NC(=O)CN2CCN(C(=O)[C@@H](NS(=O)(=O)c3ccccc3F)C(C)C)CC2)no1. The Morgan fingerprint density at radius 1 is 1.18 bits per heavy atom. The lowest BCUT2D eigenvalue weighted by Gasteiger charge is -2.36. The average Bonchev–Trinajstić information content (AvgIpc) is 3.16. The van der Waals surface area contributed by atoms with E-state index in [2.05, 4.69) is 15.2 Å². The summed E-state index contributed by atoms with van der Waals surface area (Å²) < 4.78 is 46.7. The van der Waals surface area contributed by atoms with Crippen LogP contribution in [0.3, 0.4) is 0 Å². The normalized spacial score (nSPS) is 16.1. The molecule has 0 spiro atoms. The highest BCUT2D eigenvalue weighted by Gasteiger charge is 2.34. The second-order valence-corrected chi connectivity index (χ2v) is 9.93. The Bertz CT molecular complexity index is 1100. The zero-order valence-electron chi connectivity index (χ0n) is 18.7. The van der Waals surface area contributed by atoms with Crippen LogP contribution in [0.1, 0.15) is 19.6 Å². The number of carbonyl (C=O) groups excluding carboxylic acids is 2. The third-order valence-corrected chi connectivity index (χ3v) is 6.76. The number of aromatic nitrogens is 1. The van der Waals surface area contributed by atoms with Crippen molar-refractivity contribution >= 4 is 27.7 Å². The second-order valence-electron chi connectivity index (χ2n) is 8.25. The Hall–Kier alpha value is -2.83. The number of nitrogens with one attached hydrogen (secondary N) is 2. The summed E-state index contributed by atoms with van der Waals surface area (Å²) in [5.41, 5.74) is 0. The maximum absolute atomic E-state index is 14.0. The highest BCUT2D eigenvalue weighted by Crippen LogP contribution is 2.17. The molecule has 2 aromatic rings. The van der Waals surface area contributed by atoms with Crippen molar-refractivity contribution in [3.05, 3.63) is 41.9 Å². The summed E-state index contributed by atoms with van der Waals surface area (Å²) in [5.74, 6) is -0.940. The molecule has 2 N–H and O–H groups in total. The molecule has 2 amide bonds. The first-order chi connectivity index (χ1) is 15.6. The Labute approximate surface area is 192 Å². The molecule has 1 aromatic carbocycles. The highest BCUT2D eigenvalue weighted by atomic mass is 32.2. The minimum absolute atomic E-state index is 0.126. The molecule has 0 saturated carbocycles. The third kappa shape index (κ3) is 6.36. The van der Waals surface area contributed by atoms with E-state index in [9.17, 15) is 22.4 Å². The van der Waals surface area contributed by atoms with Crippen molar-refractivity contribution in [3.8, 4) is 0 Å². The zero-order chi connectivity index (χ0) is 24.2. The van der Waals surface area contributed by atoms with E-state index < -0.39 is 26.8 Å². The van der Waals surface area contributed by atoms with Gasteiger partial charge in [-0.2, -0.15) is 4.72 Å². The lowest BCUT2D eigenvalue weighted by Crippen LogP contribution is -2.57. The number of anilines is 1. The molecule has 1 fully saturated rings. The molecule has 1 aliphatic heterocycles. The topological polar surface area (TPSA) is 125 Å². The summed E-state index contributed by atoms with van der Waals surface area (Å²) >= 11 is 0. The Balaban J connectivity index is 1.57. The molecular formula is C21H28FN5O5S. The van der Waals surface area contributed by atoms with Gasteiger partial charge in [0.25, 0.3) is 0 Å².